The normalized spacial score (nSPS) is 10.3. The van der Waals surface area contributed by atoms with Crippen molar-refractivity contribution < 1.29 is 4.79 Å². The van der Waals surface area contributed by atoms with E-state index < -0.39 is 0 Å². The quantitative estimate of drug-likeness (QED) is 0.708. The summed E-state index contributed by atoms with van der Waals surface area (Å²) in [5.74, 6) is 0.0881. The number of imidazole rings is 1. The molecule has 0 bridgehead atoms. The fourth-order valence-corrected chi connectivity index (χ4v) is 3.70. The van der Waals surface area contributed by atoms with Crippen LogP contribution in [-0.2, 0) is 11.8 Å². The van der Waals surface area contributed by atoms with Crippen molar-refractivity contribution in [3.63, 3.8) is 0 Å². The van der Waals surface area contributed by atoms with Crippen molar-refractivity contribution >= 4 is 34.0 Å². The number of hydrogen-bond acceptors (Lipinski definition) is 5. The molecule has 0 aliphatic rings. The molecular formula is C17H14N4OS2. The van der Waals surface area contributed by atoms with Gasteiger partial charge in [-0.3, -0.25) is 4.79 Å². The third-order valence-electron chi connectivity index (χ3n) is 3.39. The van der Waals surface area contributed by atoms with Crippen LogP contribution in [0.2, 0.25) is 0 Å². The van der Waals surface area contributed by atoms with E-state index in [1.54, 1.807) is 11.4 Å². The third-order valence-corrected chi connectivity index (χ3v) is 5.26. The zero-order valence-electron chi connectivity index (χ0n) is 12.9. The third kappa shape index (κ3) is 3.50. The molecule has 3 aromatic rings. The first-order chi connectivity index (χ1) is 11.7. The molecule has 24 heavy (non-hydrogen) atoms. The van der Waals surface area contributed by atoms with Gasteiger partial charge in [0.1, 0.15) is 11.1 Å². The summed E-state index contributed by atoms with van der Waals surface area (Å²) < 4.78 is 1.97. The van der Waals surface area contributed by atoms with Gasteiger partial charge in [-0.15, -0.1) is 11.3 Å². The minimum absolute atomic E-state index is 0.150. The Hall–Kier alpha value is -2.56. The molecule has 0 saturated carbocycles. The van der Waals surface area contributed by atoms with Crippen molar-refractivity contribution in [2.24, 2.45) is 7.05 Å². The van der Waals surface area contributed by atoms with E-state index in [4.69, 9.17) is 5.26 Å². The first-order valence-electron chi connectivity index (χ1n) is 7.16. The number of carbonyl (C=O) groups excluding carboxylic acids is 1. The number of anilines is 1. The molecule has 0 aliphatic carbocycles. The number of nitrogens with one attached hydrogen (secondary N) is 1. The van der Waals surface area contributed by atoms with Gasteiger partial charge in [-0.05, 0) is 17.0 Å². The standard InChI is InChI=1S/C17H14N4OS2/c1-21-14(12-5-3-2-4-6-12)10-19-17(21)24-11-15(22)20-16-13(9-18)7-8-23-16/h2-8,10H,11H2,1H3,(H,20,22). The summed E-state index contributed by atoms with van der Waals surface area (Å²) in [4.78, 5) is 16.5. The highest BCUT2D eigenvalue weighted by molar-refractivity contribution is 7.99. The Kier molecular flexibility index (Phi) is 4.99. The van der Waals surface area contributed by atoms with Crippen molar-refractivity contribution in [2.45, 2.75) is 5.16 Å². The maximum absolute atomic E-state index is 12.1. The maximum atomic E-state index is 12.1. The summed E-state index contributed by atoms with van der Waals surface area (Å²) in [5.41, 5.74) is 2.58. The van der Waals surface area contributed by atoms with Gasteiger partial charge in [-0.25, -0.2) is 4.98 Å². The Morgan fingerprint density at radius 3 is 2.92 bits per heavy atom. The van der Waals surface area contributed by atoms with E-state index in [1.807, 2.05) is 48.1 Å². The zero-order chi connectivity index (χ0) is 16.9. The zero-order valence-corrected chi connectivity index (χ0v) is 14.5. The molecule has 0 fully saturated rings. The molecule has 0 spiro atoms. The lowest BCUT2D eigenvalue weighted by Crippen LogP contribution is -2.14. The average molecular weight is 354 g/mol. The first-order valence-corrected chi connectivity index (χ1v) is 9.03. The molecule has 1 amide bonds. The monoisotopic (exact) mass is 354 g/mol. The number of rotatable bonds is 5. The van der Waals surface area contributed by atoms with E-state index in [1.165, 1.54) is 23.1 Å². The molecule has 2 heterocycles. The first kappa shape index (κ1) is 16.3. The second kappa shape index (κ2) is 7.34. The maximum Gasteiger partial charge on any atom is 0.235 e. The number of carbonyl (C=O) groups is 1. The number of thioether (sulfide) groups is 1. The fourth-order valence-electron chi connectivity index (χ4n) is 2.19. The van der Waals surface area contributed by atoms with Crippen LogP contribution in [0.15, 0.2) is 53.1 Å². The van der Waals surface area contributed by atoms with Crippen LogP contribution in [0.25, 0.3) is 11.3 Å². The van der Waals surface area contributed by atoms with Gasteiger partial charge in [-0.2, -0.15) is 5.26 Å². The summed E-state index contributed by atoms with van der Waals surface area (Å²) in [7, 11) is 1.93. The highest BCUT2D eigenvalue weighted by Crippen LogP contribution is 2.26. The van der Waals surface area contributed by atoms with Gasteiger partial charge in [0, 0.05) is 7.05 Å². The van der Waals surface area contributed by atoms with Gasteiger partial charge in [-0.1, -0.05) is 42.1 Å². The predicted octanol–water partition coefficient (Wildman–Crippen LogP) is 3.75. The molecule has 0 unspecified atom stereocenters. The molecule has 1 N–H and O–H groups in total. The van der Waals surface area contributed by atoms with Crippen LogP contribution in [0, 0.1) is 11.3 Å². The molecule has 120 valence electrons. The Morgan fingerprint density at radius 1 is 1.38 bits per heavy atom. The highest BCUT2D eigenvalue weighted by Gasteiger charge is 2.12. The second-order valence-corrected chi connectivity index (χ2v) is 6.82. The van der Waals surface area contributed by atoms with Crippen LogP contribution < -0.4 is 5.32 Å². The van der Waals surface area contributed by atoms with Crippen LogP contribution >= 0.6 is 23.1 Å². The van der Waals surface area contributed by atoms with Crippen molar-refractivity contribution in [3.05, 3.63) is 53.5 Å². The minimum atomic E-state index is -0.150. The lowest BCUT2D eigenvalue weighted by molar-refractivity contribution is -0.113. The largest absolute Gasteiger partial charge is 0.322 e. The van der Waals surface area contributed by atoms with Gasteiger partial charge in [0.15, 0.2) is 5.16 Å². The van der Waals surface area contributed by atoms with E-state index in [2.05, 4.69) is 16.4 Å². The van der Waals surface area contributed by atoms with E-state index in [0.717, 1.165) is 16.4 Å². The van der Waals surface area contributed by atoms with Crippen LogP contribution in [0.3, 0.4) is 0 Å². The molecule has 3 rings (SSSR count). The van der Waals surface area contributed by atoms with Crippen molar-refractivity contribution in [1.82, 2.24) is 9.55 Å². The predicted molar refractivity (Wildman–Crippen MR) is 97.0 cm³/mol. The van der Waals surface area contributed by atoms with Crippen LogP contribution in [0.5, 0.6) is 0 Å². The summed E-state index contributed by atoms with van der Waals surface area (Å²) in [6, 6.07) is 13.7. The van der Waals surface area contributed by atoms with Gasteiger partial charge in [0.25, 0.3) is 0 Å². The van der Waals surface area contributed by atoms with Gasteiger partial charge in [0.2, 0.25) is 5.91 Å². The van der Waals surface area contributed by atoms with E-state index in [-0.39, 0.29) is 11.7 Å². The number of benzene rings is 1. The average Bonchev–Trinajstić information content (AvgIpc) is 3.20. The van der Waals surface area contributed by atoms with E-state index >= 15 is 0 Å². The molecule has 0 atom stereocenters. The number of hydrogen-bond donors (Lipinski definition) is 1. The number of nitrogens with zero attached hydrogens (tertiary/aromatic N) is 3. The summed E-state index contributed by atoms with van der Waals surface area (Å²) in [6.07, 6.45) is 1.81. The van der Waals surface area contributed by atoms with Gasteiger partial charge < -0.3 is 9.88 Å². The number of aromatic nitrogens is 2. The Bertz CT molecular complexity index is 893. The highest BCUT2D eigenvalue weighted by atomic mass is 32.2. The van der Waals surface area contributed by atoms with Crippen molar-refractivity contribution in [2.75, 3.05) is 11.1 Å². The van der Waals surface area contributed by atoms with Gasteiger partial charge >= 0.3 is 0 Å². The topological polar surface area (TPSA) is 70.7 Å². The van der Waals surface area contributed by atoms with Crippen LogP contribution in [-0.4, -0.2) is 21.2 Å². The smallest absolute Gasteiger partial charge is 0.235 e. The lowest BCUT2D eigenvalue weighted by Gasteiger charge is -2.06. The molecule has 7 heteroatoms. The van der Waals surface area contributed by atoms with Crippen molar-refractivity contribution in [3.8, 4) is 17.3 Å². The van der Waals surface area contributed by atoms with Crippen molar-refractivity contribution in [1.29, 1.82) is 5.26 Å². The van der Waals surface area contributed by atoms with E-state index in [0.29, 0.717) is 10.6 Å². The van der Waals surface area contributed by atoms with Gasteiger partial charge in [0.05, 0.1) is 23.2 Å². The van der Waals surface area contributed by atoms with E-state index in [9.17, 15) is 4.79 Å². The molecular weight excluding hydrogens is 340 g/mol. The van der Waals surface area contributed by atoms with Crippen LogP contribution in [0.4, 0.5) is 5.00 Å². The Morgan fingerprint density at radius 2 is 2.17 bits per heavy atom. The number of nitriles is 1. The molecule has 0 radical (unpaired) electrons. The molecule has 0 saturated heterocycles. The Labute approximate surface area is 148 Å². The summed E-state index contributed by atoms with van der Waals surface area (Å²) in [5, 5.41) is 14.9. The summed E-state index contributed by atoms with van der Waals surface area (Å²) >= 11 is 2.71. The molecule has 0 aliphatic heterocycles. The molecule has 2 aromatic heterocycles. The second-order valence-electron chi connectivity index (χ2n) is 4.96. The van der Waals surface area contributed by atoms with Crippen LogP contribution in [0.1, 0.15) is 5.56 Å². The number of thiophene rings is 1. The fraction of sp³-hybridized carbons (Fsp3) is 0.118. The summed E-state index contributed by atoms with van der Waals surface area (Å²) in [6.45, 7) is 0. The Balaban J connectivity index is 1.64. The minimum Gasteiger partial charge on any atom is -0.322 e. The SMILES string of the molecule is Cn1c(-c2ccccc2)cnc1SCC(=O)Nc1sccc1C#N. The molecule has 1 aromatic carbocycles. The number of amides is 1. The lowest BCUT2D eigenvalue weighted by atomic mass is 10.2. The molecule has 5 nitrogen and oxygen atoms in total.